The van der Waals surface area contributed by atoms with Gasteiger partial charge >= 0.3 is 5.97 Å². The molecular weight excluding hydrogens is 348 g/mol. The van der Waals surface area contributed by atoms with Crippen LogP contribution >= 0.6 is 0 Å². The molecule has 0 aliphatic rings. The van der Waals surface area contributed by atoms with Crippen LogP contribution in [-0.4, -0.2) is 47.1 Å². The molecule has 0 radical (unpaired) electrons. The Bertz CT molecular complexity index is 655. The molecular formula is C17H26O7S. The number of carbonyl (C=O) groups is 1. The molecule has 25 heavy (non-hydrogen) atoms. The van der Waals surface area contributed by atoms with Gasteiger partial charge in [0.1, 0.15) is 0 Å². The lowest BCUT2D eigenvalue weighted by molar-refractivity contribution is -0.142. The third-order valence-electron chi connectivity index (χ3n) is 3.17. The minimum absolute atomic E-state index is 0.0662. The first-order valence-electron chi connectivity index (χ1n) is 8.11. The highest BCUT2D eigenvalue weighted by atomic mass is 32.2. The Morgan fingerprint density at radius 2 is 1.72 bits per heavy atom. The van der Waals surface area contributed by atoms with Crippen molar-refractivity contribution < 1.29 is 31.6 Å². The number of hydrogen-bond acceptors (Lipinski definition) is 7. The number of rotatable bonds is 11. The van der Waals surface area contributed by atoms with Crippen LogP contribution in [0.2, 0.25) is 0 Å². The Morgan fingerprint density at radius 3 is 2.28 bits per heavy atom. The van der Waals surface area contributed by atoms with Crippen LogP contribution < -0.4 is 9.47 Å². The number of benzene rings is 1. The van der Waals surface area contributed by atoms with E-state index in [0.717, 1.165) is 11.8 Å². The molecule has 0 aliphatic heterocycles. The second-order valence-electron chi connectivity index (χ2n) is 5.51. The highest BCUT2D eigenvalue weighted by molar-refractivity contribution is 7.85. The first-order chi connectivity index (χ1) is 11.7. The van der Waals surface area contributed by atoms with Crippen LogP contribution in [0, 0.1) is 5.92 Å². The molecule has 0 aliphatic carbocycles. The van der Waals surface area contributed by atoms with Crippen molar-refractivity contribution in [3.05, 3.63) is 23.8 Å². The molecule has 0 saturated carbocycles. The van der Waals surface area contributed by atoms with Gasteiger partial charge in [0, 0.05) is 12.8 Å². The van der Waals surface area contributed by atoms with Crippen molar-refractivity contribution in [1.29, 1.82) is 0 Å². The van der Waals surface area contributed by atoms with E-state index in [1.165, 1.54) is 6.92 Å². The van der Waals surface area contributed by atoms with Gasteiger partial charge in [-0.25, -0.2) is 0 Å². The fraction of sp³-hybridized carbons (Fsp3) is 0.588. The zero-order chi connectivity index (χ0) is 18.9. The third kappa shape index (κ3) is 8.74. The highest BCUT2D eigenvalue weighted by Gasteiger charge is 2.17. The number of ether oxygens (including phenoxy) is 3. The lowest BCUT2D eigenvalue weighted by Crippen LogP contribution is -2.22. The van der Waals surface area contributed by atoms with Crippen molar-refractivity contribution in [3.8, 4) is 11.5 Å². The van der Waals surface area contributed by atoms with Gasteiger partial charge in [0.15, 0.2) is 11.5 Å². The molecule has 0 spiro atoms. The van der Waals surface area contributed by atoms with Crippen molar-refractivity contribution in [2.45, 2.75) is 27.2 Å². The SMILES string of the molecule is CCOc1ccc(C[C@@H](COC(C)=O)COS(C)(=O)=O)cc1OCC. The van der Waals surface area contributed by atoms with Gasteiger partial charge in [-0.1, -0.05) is 6.07 Å². The van der Waals surface area contributed by atoms with E-state index < -0.39 is 16.1 Å². The smallest absolute Gasteiger partial charge is 0.302 e. The molecule has 0 bridgehead atoms. The molecule has 0 N–H and O–H groups in total. The number of esters is 1. The van der Waals surface area contributed by atoms with Crippen molar-refractivity contribution in [2.75, 3.05) is 32.7 Å². The Labute approximate surface area is 149 Å². The summed E-state index contributed by atoms with van der Waals surface area (Å²) in [5.41, 5.74) is 0.904. The van der Waals surface area contributed by atoms with E-state index in [1.54, 1.807) is 0 Å². The van der Waals surface area contributed by atoms with Crippen LogP contribution in [0.3, 0.4) is 0 Å². The predicted octanol–water partition coefficient (Wildman–Crippen LogP) is 2.18. The molecule has 1 rings (SSSR count). The summed E-state index contributed by atoms with van der Waals surface area (Å²) >= 11 is 0. The van der Waals surface area contributed by atoms with Crippen molar-refractivity contribution in [2.24, 2.45) is 5.92 Å². The minimum Gasteiger partial charge on any atom is -0.490 e. The third-order valence-corrected chi connectivity index (χ3v) is 3.74. The normalized spacial score (nSPS) is 12.5. The maximum atomic E-state index is 11.2. The summed E-state index contributed by atoms with van der Waals surface area (Å²) in [6.07, 6.45) is 1.45. The van der Waals surface area contributed by atoms with Gasteiger partial charge in [-0.05, 0) is 38.0 Å². The zero-order valence-electron chi connectivity index (χ0n) is 15.1. The summed E-state index contributed by atoms with van der Waals surface area (Å²) in [6, 6.07) is 5.52. The van der Waals surface area contributed by atoms with Gasteiger partial charge in [-0.15, -0.1) is 0 Å². The molecule has 1 aromatic rings. The summed E-state index contributed by atoms with van der Waals surface area (Å²) in [5.74, 6) is 0.547. The first kappa shape index (κ1) is 21.2. The molecule has 142 valence electrons. The summed E-state index contributed by atoms with van der Waals surface area (Å²) < 4.78 is 43.4. The van der Waals surface area contributed by atoms with Gasteiger partial charge in [0.05, 0.1) is 32.7 Å². The predicted molar refractivity (Wildman–Crippen MR) is 93.4 cm³/mol. The van der Waals surface area contributed by atoms with E-state index in [0.29, 0.717) is 31.1 Å². The van der Waals surface area contributed by atoms with E-state index in [2.05, 4.69) is 0 Å². The zero-order valence-corrected chi connectivity index (χ0v) is 15.9. The Balaban J connectivity index is 2.89. The largest absolute Gasteiger partial charge is 0.490 e. The first-order valence-corrected chi connectivity index (χ1v) is 9.93. The van der Waals surface area contributed by atoms with E-state index in [4.69, 9.17) is 18.4 Å². The number of hydrogen-bond donors (Lipinski definition) is 0. The molecule has 0 amide bonds. The van der Waals surface area contributed by atoms with Crippen molar-refractivity contribution in [1.82, 2.24) is 0 Å². The summed E-state index contributed by atoms with van der Waals surface area (Å²) in [7, 11) is -3.57. The van der Waals surface area contributed by atoms with Gasteiger partial charge in [-0.2, -0.15) is 8.42 Å². The lowest BCUT2D eigenvalue weighted by atomic mass is 10.0. The van der Waals surface area contributed by atoms with Crippen LogP contribution in [-0.2, 0) is 30.3 Å². The summed E-state index contributed by atoms with van der Waals surface area (Å²) in [5, 5.41) is 0. The Kier molecular flexibility index (Phi) is 8.71. The van der Waals surface area contributed by atoms with Crippen LogP contribution in [0.25, 0.3) is 0 Å². The Morgan fingerprint density at radius 1 is 1.08 bits per heavy atom. The minimum atomic E-state index is -3.57. The van der Waals surface area contributed by atoms with Gasteiger partial charge in [0.25, 0.3) is 10.1 Å². The van der Waals surface area contributed by atoms with Gasteiger partial charge < -0.3 is 14.2 Å². The molecule has 8 heteroatoms. The standard InChI is InChI=1S/C17H26O7S/c1-5-21-16-8-7-14(10-17(16)22-6-2)9-15(11-23-13(3)18)12-24-25(4,19)20/h7-8,10,15H,5-6,9,11-12H2,1-4H3/t15-/m0/s1. The molecule has 1 aromatic carbocycles. The maximum absolute atomic E-state index is 11.2. The lowest BCUT2D eigenvalue weighted by Gasteiger charge is -2.18. The highest BCUT2D eigenvalue weighted by Crippen LogP contribution is 2.29. The van der Waals surface area contributed by atoms with Crippen molar-refractivity contribution in [3.63, 3.8) is 0 Å². The van der Waals surface area contributed by atoms with Crippen molar-refractivity contribution >= 4 is 16.1 Å². The van der Waals surface area contributed by atoms with E-state index >= 15 is 0 Å². The average molecular weight is 374 g/mol. The van der Waals surface area contributed by atoms with Crippen LogP contribution in [0.15, 0.2) is 18.2 Å². The molecule has 7 nitrogen and oxygen atoms in total. The topological polar surface area (TPSA) is 88.1 Å². The van der Waals surface area contributed by atoms with Crippen LogP contribution in [0.4, 0.5) is 0 Å². The second-order valence-corrected chi connectivity index (χ2v) is 7.15. The van der Waals surface area contributed by atoms with E-state index in [1.807, 2.05) is 32.0 Å². The fourth-order valence-electron chi connectivity index (χ4n) is 2.18. The molecule has 0 unspecified atom stereocenters. The quantitative estimate of drug-likeness (QED) is 0.433. The number of carbonyl (C=O) groups excluding carboxylic acids is 1. The molecule has 0 aromatic heterocycles. The van der Waals surface area contributed by atoms with E-state index in [9.17, 15) is 13.2 Å². The van der Waals surface area contributed by atoms with E-state index in [-0.39, 0.29) is 19.1 Å². The van der Waals surface area contributed by atoms with Crippen LogP contribution in [0.1, 0.15) is 26.3 Å². The summed E-state index contributed by atoms with van der Waals surface area (Å²) in [4.78, 5) is 11.0. The maximum Gasteiger partial charge on any atom is 0.302 e. The molecule has 1 atom stereocenters. The summed E-state index contributed by atoms with van der Waals surface area (Å²) in [6.45, 7) is 6.10. The van der Waals surface area contributed by atoms with Crippen LogP contribution in [0.5, 0.6) is 11.5 Å². The second kappa shape index (κ2) is 10.2. The molecule has 0 saturated heterocycles. The monoisotopic (exact) mass is 374 g/mol. The molecule has 0 fully saturated rings. The fourth-order valence-corrected chi connectivity index (χ4v) is 2.62. The van der Waals surface area contributed by atoms with Gasteiger partial charge in [0.2, 0.25) is 0 Å². The van der Waals surface area contributed by atoms with Gasteiger partial charge in [-0.3, -0.25) is 8.98 Å². The Hall–Kier alpha value is -1.80. The molecule has 0 heterocycles. The average Bonchev–Trinajstić information content (AvgIpc) is 2.52.